The maximum Gasteiger partial charge on any atom is 0.338 e. The number of hydrogen-bond donors (Lipinski definition) is 0. The Bertz CT molecular complexity index is 1040. The van der Waals surface area contributed by atoms with E-state index in [1.54, 1.807) is 23.1 Å². The number of esters is 1. The van der Waals surface area contributed by atoms with E-state index in [4.69, 9.17) is 14.2 Å². The molecule has 0 radical (unpaired) electrons. The summed E-state index contributed by atoms with van der Waals surface area (Å²) in [6.07, 6.45) is 0.718. The van der Waals surface area contributed by atoms with Gasteiger partial charge in [0.05, 0.1) is 5.56 Å². The van der Waals surface area contributed by atoms with Gasteiger partial charge in [0.1, 0.15) is 0 Å². The van der Waals surface area contributed by atoms with Gasteiger partial charge in [-0.15, -0.1) is 0 Å². The molecule has 0 fully saturated rings. The molecule has 6 nitrogen and oxygen atoms in total. The average molecular weight is 417 g/mol. The molecule has 0 saturated heterocycles. The van der Waals surface area contributed by atoms with Crippen molar-refractivity contribution < 1.29 is 23.8 Å². The van der Waals surface area contributed by atoms with Gasteiger partial charge in [0.15, 0.2) is 18.1 Å². The van der Waals surface area contributed by atoms with Crippen molar-refractivity contribution in [3.8, 4) is 11.5 Å². The number of carbonyl (C=O) groups excluding carboxylic acids is 2. The molecular weight excluding hydrogens is 394 g/mol. The van der Waals surface area contributed by atoms with Gasteiger partial charge >= 0.3 is 5.97 Å². The van der Waals surface area contributed by atoms with Gasteiger partial charge in [0, 0.05) is 13.1 Å². The van der Waals surface area contributed by atoms with E-state index < -0.39 is 5.97 Å². The van der Waals surface area contributed by atoms with Crippen molar-refractivity contribution in [1.82, 2.24) is 4.90 Å². The van der Waals surface area contributed by atoms with Crippen LogP contribution in [0.4, 0.5) is 0 Å². The maximum atomic E-state index is 12.9. The first-order valence-corrected chi connectivity index (χ1v) is 10.1. The third-order valence-corrected chi connectivity index (χ3v) is 5.02. The topological polar surface area (TPSA) is 65.1 Å². The summed E-state index contributed by atoms with van der Waals surface area (Å²) in [6.45, 7) is 0.782. The number of fused-ring (bicyclic) bond motifs is 1. The highest BCUT2D eigenvalue weighted by molar-refractivity contribution is 5.92. The Hall–Kier alpha value is -3.80. The normalized spacial score (nSPS) is 11.7. The Morgan fingerprint density at radius 2 is 1.52 bits per heavy atom. The van der Waals surface area contributed by atoms with E-state index >= 15 is 0 Å². The van der Waals surface area contributed by atoms with Gasteiger partial charge in [-0.25, -0.2) is 4.79 Å². The predicted octanol–water partition coefficient (Wildman–Crippen LogP) is 3.84. The van der Waals surface area contributed by atoms with Crippen LogP contribution in [-0.2, 0) is 22.5 Å². The molecule has 31 heavy (non-hydrogen) atoms. The van der Waals surface area contributed by atoms with Crippen molar-refractivity contribution in [2.24, 2.45) is 0 Å². The van der Waals surface area contributed by atoms with E-state index in [-0.39, 0.29) is 19.3 Å². The van der Waals surface area contributed by atoms with Crippen molar-refractivity contribution in [1.29, 1.82) is 0 Å². The van der Waals surface area contributed by atoms with E-state index in [0.717, 1.165) is 17.5 Å². The van der Waals surface area contributed by atoms with Crippen LogP contribution in [0.25, 0.3) is 0 Å². The van der Waals surface area contributed by atoms with Crippen LogP contribution in [0, 0.1) is 0 Å². The van der Waals surface area contributed by atoms with Gasteiger partial charge in [0.2, 0.25) is 6.79 Å². The van der Waals surface area contributed by atoms with Gasteiger partial charge in [0.25, 0.3) is 5.91 Å². The number of ether oxygens (including phenoxy) is 3. The predicted molar refractivity (Wildman–Crippen MR) is 115 cm³/mol. The highest BCUT2D eigenvalue weighted by Crippen LogP contribution is 2.32. The maximum absolute atomic E-state index is 12.9. The molecule has 1 aliphatic heterocycles. The second-order valence-corrected chi connectivity index (χ2v) is 7.18. The molecule has 0 aliphatic carbocycles. The molecule has 0 spiro atoms. The van der Waals surface area contributed by atoms with Crippen LogP contribution >= 0.6 is 0 Å². The summed E-state index contributed by atoms with van der Waals surface area (Å²) in [5, 5.41) is 0. The highest BCUT2D eigenvalue weighted by Gasteiger charge is 2.20. The Morgan fingerprint density at radius 3 is 2.26 bits per heavy atom. The molecular formula is C25H23NO5. The Kier molecular flexibility index (Phi) is 6.47. The largest absolute Gasteiger partial charge is 0.454 e. The zero-order valence-corrected chi connectivity index (χ0v) is 17.0. The molecule has 6 heteroatoms. The first-order valence-electron chi connectivity index (χ1n) is 10.1. The Balaban J connectivity index is 1.39. The minimum Gasteiger partial charge on any atom is -0.454 e. The molecule has 0 aromatic heterocycles. The molecule has 3 aromatic rings. The zero-order chi connectivity index (χ0) is 21.5. The third-order valence-electron chi connectivity index (χ3n) is 5.02. The standard InChI is InChI=1S/C25H23NO5/c27-24(17-29-25(28)21-11-12-22-23(15-21)31-18-30-22)26(16-20-9-5-2-6-10-20)14-13-19-7-3-1-4-8-19/h1-12,15H,13-14,16-18H2. The molecule has 1 aliphatic rings. The minimum absolute atomic E-state index is 0.127. The Labute approximate surface area is 181 Å². The first-order chi connectivity index (χ1) is 15.2. The van der Waals surface area contributed by atoms with Crippen LogP contribution < -0.4 is 9.47 Å². The van der Waals surface area contributed by atoms with Gasteiger partial charge in [-0.05, 0) is 35.7 Å². The number of carbonyl (C=O) groups is 2. The van der Waals surface area contributed by atoms with Crippen molar-refractivity contribution in [2.75, 3.05) is 19.9 Å². The van der Waals surface area contributed by atoms with Crippen molar-refractivity contribution in [3.63, 3.8) is 0 Å². The summed E-state index contributed by atoms with van der Waals surface area (Å²) < 4.78 is 15.8. The second-order valence-electron chi connectivity index (χ2n) is 7.18. The average Bonchev–Trinajstić information content (AvgIpc) is 3.29. The fraction of sp³-hybridized carbons (Fsp3) is 0.200. The van der Waals surface area contributed by atoms with Crippen LogP contribution in [0.2, 0.25) is 0 Å². The fourth-order valence-corrected chi connectivity index (χ4v) is 3.33. The molecule has 3 aromatic carbocycles. The number of hydrogen-bond acceptors (Lipinski definition) is 5. The van der Waals surface area contributed by atoms with E-state index in [1.165, 1.54) is 0 Å². The molecule has 0 N–H and O–H groups in total. The van der Waals surface area contributed by atoms with Crippen LogP contribution in [0.15, 0.2) is 78.9 Å². The second kappa shape index (κ2) is 9.80. The summed E-state index contributed by atoms with van der Waals surface area (Å²) in [7, 11) is 0. The van der Waals surface area contributed by atoms with Gasteiger partial charge < -0.3 is 19.1 Å². The summed E-state index contributed by atoms with van der Waals surface area (Å²) in [5.74, 6) is 0.264. The van der Waals surface area contributed by atoms with Gasteiger partial charge in [-0.3, -0.25) is 4.79 Å². The minimum atomic E-state index is -0.575. The molecule has 1 amide bonds. The summed E-state index contributed by atoms with van der Waals surface area (Å²) >= 11 is 0. The molecule has 0 saturated carbocycles. The smallest absolute Gasteiger partial charge is 0.338 e. The lowest BCUT2D eigenvalue weighted by molar-refractivity contribution is -0.135. The van der Waals surface area contributed by atoms with Gasteiger partial charge in [-0.2, -0.15) is 0 Å². The zero-order valence-electron chi connectivity index (χ0n) is 17.0. The van der Waals surface area contributed by atoms with E-state index in [9.17, 15) is 9.59 Å². The van der Waals surface area contributed by atoms with E-state index in [1.807, 2.05) is 60.7 Å². The quantitative estimate of drug-likeness (QED) is 0.521. The molecule has 4 rings (SSSR count). The SMILES string of the molecule is O=C(OCC(=O)N(CCc1ccccc1)Cc1ccccc1)c1ccc2c(c1)OCO2. The molecule has 158 valence electrons. The van der Waals surface area contributed by atoms with Crippen LogP contribution in [0.3, 0.4) is 0 Å². The molecule has 0 atom stereocenters. The number of benzene rings is 3. The summed E-state index contributed by atoms with van der Waals surface area (Å²) in [6, 6.07) is 24.6. The molecule has 0 unspecified atom stereocenters. The van der Waals surface area contributed by atoms with Crippen LogP contribution in [0.5, 0.6) is 11.5 Å². The third kappa shape index (κ3) is 5.42. The summed E-state index contributed by atoms with van der Waals surface area (Å²) in [5.41, 5.74) is 2.48. The number of amides is 1. The lowest BCUT2D eigenvalue weighted by Crippen LogP contribution is -2.35. The molecule has 1 heterocycles. The number of nitrogens with zero attached hydrogens (tertiary/aromatic N) is 1. The van der Waals surface area contributed by atoms with Gasteiger partial charge in [-0.1, -0.05) is 60.7 Å². The lowest BCUT2D eigenvalue weighted by Gasteiger charge is -2.23. The monoisotopic (exact) mass is 417 g/mol. The van der Waals surface area contributed by atoms with Crippen LogP contribution in [-0.4, -0.2) is 36.7 Å². The number of rotatable bonds is 8. The highest BCUT2D eigenvalue weighted by atomic mass is 16.7. The summed E-state index contributed by atoms with van der Waals surface area (Å²) in [4.78, 5) is 27.0. The Morgan fingerprint density at radius 1 is 0.839 bits per heavy atom. The van der Waals surface area contributed by atoms with E-state index in [2.05, 4.69) is 0 Å². The van der Waals surface area contributed by atoms with Crippen LogP contribution in [0.1, 0.15) is 21.5 Å². The van der Waals surface area contributed by atoms with Crippen molar-refractivity contribution in [2.45, 2.75) is 13.0 Å². The first kappa shape index (κ1) is 20.5. The lowest BCUT2D eigenvalue weighted by atomic mass is 10.1. The van der Waals surface area contributed by atoms with E-state index in [0.29, 0.717) is 30.2 Å². The van der Waals surface area contributed by atoms with Crippen molar-refractivity contribution >= 4 is 11.9 Å². The fourth-order valence-electron chi connectivity index (χ4n) is 3.33. The molecule has 0 bridgehead atoms. The van der Waals surface area contributed by atoms with Crippen molar-refractivity contribution in [3.05, 3.63) is 95.6 Å².